The summed E-state index contributed by atoms with van der Waals surface area (Å²) in [7, 11) is 0. The number of anilines is 1. The minimum Gasteiger partial charge on any atom is -0.369 e. The van der Waals surface area contributed by atoms with Crippen molar-refractivity contribution in [2.45, 2.75) is 19.4 Å². The summed E-state index contributed by atoms with van der Waals surface area (Å²) in [5.41, 5.74) is 7.65. The molecule has 0 aliphatic carbocycles. The number of carbonyl (C=O) groups excluding carboxylic acids is 1. The second-order valence-electron chi connectivity index (χ2n) is 4.44. The summed E-state index contributed by atoms with van der Waals surface area (Å²) in [5, 5.41) is 0. The standard InChI is InChI=1S/C13H17BrN2O2/c1-9-2-3-10(6-12(9)14)16-11(4-5-15)7-18-8-13(16)17/h2-3,6,11H,4-5,7-8,15H2,1H3. The molecule has 1 unspecified atom stereocenters. The van der Waals surface area contributed by atoms with E-state index in [0.29, 0.717) is 13.2 Å². The van der Waals surface area contributed by atoms with E-state index >= 15 is 0 Å². The summed E-state index contributed by atoms with van der Waals surface area (Å²) in [5.74, 6) is -0.00421. The number of morpholine rings is 1. The van der Waals surface area contributed by atoms with Crippen LogP contribution >= 0.6 is 15.9 Å². The fraction of sp³-hybridized carbons (Fsp3) is 0.462. The van der Waals surface area contributed by atoms with Crippen molar-refractivity contribution in [1.82, 2.24) is 0 Å². The third kappa shape index (κ3) is 2.74. The average Bonchev–Trinajstić information content (AvgIpc) is 2.34. The molecule has 18 heavy (non-hydrogen) atoms. The molecule has 1 atom stereocenters. The fourth-order valence-electron chi connectivity index (χ4n) is 2.12. The van der Waals surface area contributed by atoms with Gasteiger partial charge in [-0.25, -0.2) is 0 Å². The number of nitrogens with zero attached hydrogens (tertiary/aromatic N) is 1. The van der Waals surface area contributed by atoms with Crippen LogP contribution in [0.25, 0.3) is 0 Å². The summed E-state index contributed by atoms with van der Waals surface area (Å²) < 4.78 is 6.30. The lowest BCUT2D eigenvalue weighted by atomic mass is 10.1. The zero-order chi connectivity index (χ0) is 13.1. The van der Waals surface area contributed by atoms with Gasteiger partial charge in [0.25, 0.3) is 5.91 Å². The number of halogens is 1. The zero-order valence-electron chi connectivity index (χ0n) is 10.4. The zero-order valence-corrected chi connectivity index (χ0v) is 11.9. The van der Waals surface area contributed by atoms with E-state index in [1.54, 1.807) is 4.90 Å². The molecule has 98 valence electrons. The number of hydrogen-bond donors (Lipinski definition) is 1. The first-order valence-corrected chi connectivity index (χ1v) is 6.79. The highest BCUT2D eigenvalue weighted by molar-refractivity contribution is 9.10. The Hall–Kier alpha value is -0.910. The van der Waals surface area contributed by atoms with Crippen molar-refractivity contribution >= 4 is 27.5 Å². The molecule has 1 aliphatic rings. The van der Waals surface area contributed by atoms with E-state index in [2.05, 4.69) is 15.9 Å². The molecule has 2 rings (SSSR count). The van der Waals surface area contributed by atoms with Crippen LogP contribution in [-0.4, -0.2) is 31.7 Å². The van der Waals surface area contributed by atoms with E-state index in [-0.39, 0.29) is 18.6 Å². The van der Waals surface area contributed by atoms with Gasteiger partial charge in [0.15, 0.2) is 0 Å². The topological polar surface area (TPSA) is 55.6 Å². The van der Waals surface area contributed by atoms with E-state index in [1.165, 1.54) is 0 Å². The molecular formula is C13H17BrN2O2. The van der Waals surface area contributed by atoms with Crippen LogP contribution in [0, 0.1) is 6.92 Å². The molecule has 1 saturated heterocycles. The molecule has 0 saturated carbocycles. The van der Waals surface area contributed by atoms with E-state index < -0.39 is 0 Å². The maximum atomic E-state index is 12.0. The Morgan fingerprint density at radius 3 is 3.00 bits per heavy atom. The Morgan fingerprint density at radius 2 is 2.33 bits per heavy atom. The molecule has 1 aliphatic heterocycles. The van der Waals surface area contributed by atoms with Crippen LogP contribution in [-0.2, 0) is 9.53 Å². The van der Waals surface area contributed by atoms with Crippen molar-refractivity contribution in [1.29, 1.82) is 0 Å². The van der Waals surface area contributed by atoms with Gasteiger partial charge in [-0.3, -0.25) is 4.79 Å². The molecule has 1 fully saturated rings. The molecule has 2 N–H and O–H groups in total. The normalized spacial score (nSPS) is 20.3. The largest absolute Gasteiger partial charge is 0.369 e. The summed E-state index contributed by atoms with van der Waals surface area (Å²) in [6.07, 6.45) is 0.747. The second-order valence-corrected chi connectivity index (χ2v) is 5.30. The fourth-order valence-corrected chi connectivity index (χ4v) is 2.49. The van der Waals surface area contributed by atoms with E-state index in [0.717, 1.165) is 22.1 Å². The Labute approximate surface area is 115 Å². The number of nitrogens with two attached hydrogens (primary N) is 1. The smallest absolute Gasteiger partial charge is 0.253 e. The second kappa shape index (κ2) is 5.82. The predicted octanol–water partition coefficient (Wildman–Crippen LogP) is 1.84. The molecule has 4 nitrogen and oxygen atoms in total. The average molecular weight is 313 g/mol. The van der Waals surface area contributed by atoms with Crippen molar-refractivity contribution in [2.24, 2.45) is 5.73 Å². The lowest BCUT2D eigenvalue weighted by molar-refractivity contribution is -0.127. The quantitative estimate of drug-likeness (QED) is 0.926. The molecule has 0 aromatic heterocycles. The highest BCUT2D eigenvalue weighted by Gasteiger charge is 2.29. The van der Waals surface area contributed by atoms with Gasteiger partial charge in [-0.2, -0.15) is 0 Å². The van der Waals surface area contributed by atoms with Gasteiger partial charge in [-0.05, 0) is 37.6 Å². The van der Waals surface area contributed by atoms with Crippen LogP contribution in [0.15, 0.2) is 22.7 Å². The Morgan fingerprint density at radius 1 is 1.56 bits per heavy atom. The maximum Gasteiger partial charge on any atom is 0.253 e. The summed E-state index contributed by atoms with van der Waals surface area (Å²) in [4.78, 5) is 13.8. The van der Waals surface area contributed by atoms with Crippen LogP contribution in [0.2, 0.25) is 0 Å². The monoisotopic (exact) mass is 312 g/mol. The number of hydrogen-bond acceptors (Lipinski definition) is 3. The van der Waals surface area contributed by atoms with Gasteiger partial charge in [0.05, 0.1) is 12.6 Å². The van der Waals surface area contributed by atoms with Gasteiger partial charge in [-0.1, -0.05) is 22.0 Å². The molecule has 0 spiro atoms. The molecule has 1 heterocycles. The van der Waals surface area contributed by atoms with E-state index in [4.69, 9.17) is 10.5 Å². The number of carbonyl (C=O) groups is 1. The maximum absolute atomic E-state index is 12.0. The van der Waals surface area contributed by atoms with Gasteiger partial charge in [0.1, 0.15) is 6.61 Å². The van der Waals surface area contributed by atoms with Gasteiger partial charge in [0, 0.05) is 10.2 Å². The van der Waals surface area contributed by atoms with Gasteiger partial charge in [-0.15, -0.1) is 0 Å². The van der Waals surface area contributed by atoms with Gasteiger partial charge in [0.2, 0.25) is 0 Å². The molecule has 0 bridgehead atoms. The minimum absolute atomic E-state index is 0.00421. The van der Waals surface area contributed by atoms with Crippen molar-refractivity contribution in [3.8, 4) is 0 Å². The lowest BCUT2D eigenvalue weighted by Gasteiger charge is -2.35. The van der Waals surface area contributed by atoms with Crippen LogP contribution < -0.4 is 10.6 Å². The van der Waals surface area contributed by atoms with Gasteiger partial charge >= 0.3 is 0 Å². The van der Waals surface area contributed by atoms with Crippen LogP contribution in [0.3, 0.4) is 0 Å². The Bertz CT molecular complexity index is 449. The SMILES string of the molecule is Cc1ccc(N2C(=O)COCC2CCN)cc1Br. The van der Waals surface area contributed by atoms with Crippen molar-refractivity contribution in [3.63, 3.8) is 0 Å². The number of ether oxygens (including phenoxy) is 1. The predicted molar refractivity (Wildman–Crippen MR) is 74.6 cm³/mol. The van der Waals surface area contributed by atoms with E-state index in [1.807, 2.05) is 25.1 Å². The van der Waals surface area contributed by atoms with Crippen molar-refractivity contribution in [2.75, 3.05) is 24.7 Å². The number of amides is 1. The number of aryl methyl sites for hydroxylation is 1. The molecule has 1 amide bonds. The first-order chi connectivity index (χ1) is 8.63. The van der Waals surface area contributed by atoms with E-state index in [9.17, 15) is 4.79 Å². The molecule has 1 aromatic carbocycles. The third-order valence-corrected chi connectivity index (χ3v) is 3.96. The molecular weight excluding hydrogens is 296 g/mol. The van der Waals surface area contributed by atoms with Gasteiger partial charge < -0.3 is 15.4 Å². The third-order valence-electron chi connectivity index (χ3n) is 3.10. The van der Waals surface area contributed by atoms with Crippen LogP contribution in [0.4, 0.5) is 5.69 Å². The highest BCUT2D eigenvalue weighted by atomic mass is 79.9. The summed E-state index contributed by atoms with van der Waals surface area (Å²) in [6, 6.07) is 5.97. The molecule has 5 heteroatoms. The minimum atomic E-state index is -0.00421. The molecule has 0 radical (unpaired) electrons. The Balaban J connectivity index is 2.31. The number of rotatable bonds is 3. The number of benzene rings is 1. The van der Waals surface area contributed by atoms with Crippen molar-refractivity contribution < 1.29 is 9.53 Å². The summed E-state index contributed by atoms with van der Waals surface area (Å²) >= 11 is 3.50. The lowest BCUT2D eigenvalue weighted by Crippen LogP contribution is -2.50. The highest BCUT2D eigenvalue weighted by Crippen LogP contribution is 2.27. The van der Waals surface area contributed by atoms with Crippen LogP contribution in [0.5, 0.6) is 0 Å². The first kappa shape index (κ1) is 13.5. The summed E-state index contributed by atoms with van der Waals surface area (Å²) in [6.45, 7) is 3.26. The first-order valence-electron chi connectivity index (χ1n) is 5.99. The molecule has 1 aromatic rings. The Kier molecular flexibility index (Phi) is 4.37. The van der Waals surface area contributed by atoms with Crippen molar-refractivity contribution in [3.05, 3.63) is 28.2 Å². The van der Waals surface area contributed by atoms with Crippen LogP contribution in [0.1, 0.15) is 12.0 Å².